The number of rotatable bonds is 2. The van der Waals surface area contributed by atoms with E-state index < -0.39 is 0 Å². The molecule has 0 atom stereocenters. The number of anilines is 1. The Kier molecular flexibility index (Phi) is 3.46. The van der Waals surface area contributed by atoms with Crippen molar-refractivity contribution in [3.8, 4) is 11.5 Å². The monoisotopic (exact) mass is 324 g/mol. The molecule has 3 aromatic rings. The van der Waals surface area contributed by atoms with Crippen molar-refractivity contribution in [1.29, 1.82) is 0 Å². The Balaban J connectivity index is 2.05. The molecule has 20 heavy (non-hydrogen) atoms. The van der Waals surface area contributed by atoms with E-state index in [0.717, 1.165) is 15.2 Å². The summed E-state index contributed by atoms with van der Waals surface area (Å²) in [6, 6.07) is 8.88. The number of benzene rings is 2. The molecule has 0 radical (unpaired) electrons. The molecule has 0 amide bonds. The third kappa shape index (κ3) is 2.42. The first-order valence-electron chi connectivity index (χ1n) is 5.83. The lowest BCUT2D eigenvalue weighted by atomic mass is 10.2. The molecule has 3 rings (SSSR count). The predicted molar refractivity (Wildman–Crippen MR) is 85.3 cm³/mol. The van der Waals surface area contributed by atoms with Crippen molar-refractivity contribution in [1.82, 2.24) is 4.98 Å². The van der Waals surface area contributed by atoms with Crippen LogP contribution in [0.2, 0.25) is 10.0 Å². The van der Waals surface area contributed by atoms with Crippen LogP contribution in [0, 0.1) is 6.92 Å². The second-order valence-corrected chi connectivity index (χ2v) is 6.26. The smallest absolute Gasteiger partial charge is 0.152 e. The summed E-state index contributed by atoms with van der Waals surface area (Å²) in [6.45, 7) is 1.95. The number of ether oxygens (including phenoxy) is 1. The van der Waals surface area contributed by atoms with Gasteiger partial charge in [-0.2, -0.15) is 0 Å². The van der Waals surface area contributed by atoms with Crippen LogP contribution < -0.4 is 10.5 Å². The van der Waals surface area contributed by atoms with Gasteiger partial charge in [0.1, 0.15) is 10.8 Å². The highest BCUT2D eigenvalue weighted by molar-refractivity contribution is 7.18. The summed E-state index contributed by atoms with van der Waals surface area (Å²) in [5.74, 6) is 0.990. The van der Waals surface area contributed by atoms with Crippen molar-refractivity contribution in [2.75, 3.05) is 5.73 Å². The molecule has 0 unspecified atom stereocenters. The number of aromatic nitrogens is 1. The lowest BCUT2D eigenvalue weighted by Gasteiger charge is -2.10. The van der Waals surface area contributed by atoms with E-state index >= 15 is 0 Å². The van der Waals surface area contributed by atoms with Crippen LogP contribution in [0.5, 0.6) is 11.5 Å². The van der Waals surface area contributed by atoms with Crippen molar-refractivity contribution in [2.24, 2.45) is 0 Å². The van der Waals surface area contributed by atoms with Crippen molar-refractivity contribution < 1.29 is 4.74 Å². The molecule has 2 N–H and O–H groups in total. The van der Waals surface area contributed by atoms with Gasteiger partial charge in [0.25, 0.3) is 0 Å². The first-order chi connectivity index (χ1) is 9.54. The molecule has 1 aromatic heterocycles. The second kappa shape index (κ2) is 5.13. The number of nitrogen functional groups attached to an aromatic ring is 1. The van der Waals surface area contributed by atoms with Crippen LogP contribution in [-0.2, 0) is 0 Å². The van der Waals surface area contributed by atoms with Gasteiger partial charge in [-0.3, -0.25) is 0 Å². The Morgan fingerprint density at radius 2 is 2.00 bits per heavy atom. The minimum absolute atomic E-state index is 0.364. The average Bonchev–Trinajstić information content (AvgIpc) is 2.74. The highest BCUT2D eigenvalue weighted by Gasteiger charge is 2.11. The number of nitrogens with two attached hydrogens (primary N) is 1. The molecular formula is C14H10Cl2N2OS. The van der Waals surface area contributed by atoms with Crippen LogP contribution in [0.25, 0.3) is 10.2 Å². The maximum atomic E-state index is 6.11. The second-order valence-electron chi connectivity index (χ2n) is 4.24. The third-order valence-electron chi connectivity index (χ3n) is 2.76. The fourth-order valence-electron chi connectivity index (χ4n) is 1.86. The van der Waals surface area contributed by atoms with Gasteiger partial charge in [0.2, 0.25) is 0 Å². The number of fused-ring (bicyclic) bond motifs is 1. The van der Waals surface area contributed by atoms with Crippen LogP contribution in [0.4, 0.5) is 5.69 Å². The largest absolute Gasteiger partial charge is 0.453 e. The summed E-state index contributed by atoms with van der Waals surface area (Å²) >= 11 is 13.7. The van der Waals surface area contributed by atoms with Gasteiger partial charge in [-0.15, -0.1) is 11.3 Å². The molecule has 0 aliphatic heterocycles. The molecule has 0 saturated carbocycles. The van der Waals surface area contributed by atoms with Crippen molar-refractivity contribution in [3.63, 3.8) is 0 Å². The number of thiazole rings is 1. The van der Waals surface area contributed by atoms with Crippen LogP contribution in [0.15, 0.2) is 30.3 Å². The predicted octanol–water partition coefficient (Wildman–Crippen LogP) is 5.29. The van der Waals surface area contributed by atoms with E-state index in [-0.39, 0.29) is 0 Å². The normalized spacial score (nSPS) is 10.9. The molecule has 1 heterocycles. The number of halogens is 2. The zero-order valence-corrected chi connectivity index (χ0v) is 12.8. The summed E-state index contributed by atoms with van der Waals surface area (Å²) in [7, 11) is 0. The Hall–Kier alpha value is -1.49. The van der Waals surface area contributed by atoms with Gasteiger partial charge in [0, 0.05) is 6.07 Å². The van der Waals surface area contributed by atoms with Gasteiger partial charge in [-0.1, -0.05) is 29.3 Å². The molecule has 2 aromatic carbocycles. The Labute approximate surface area is 129 Å². The fourth-order valence-corrected chi connectivity index (χ4v) is 3.04. The molecule has 102 valence electrons. The molecule has 0 fully saturated rings. The zero-order valence-electron chi connectivity index (χ0n) is 10.5. The number of nitrogens with zero attached hydrogens (tertiary/aromatic N) is 1. The summed E-state index contributed by atoms with van der Waals surface area (Å²) in [5.41, 5.74) is 7.41. The van der Waals surface area contributed by atoms with E-state index in [1.54, 1.807) is 29.5 Å². The van der Waals surface area contributed by atoms with E-state index in [1.807, 2.05) is 19.1 Å². The Morgan fingerprint density at radius 1 is 1.20 bits per heavy atom. The fraction of sp³-hybridized carbons (Fsp3) is 0.0714. The molecule has 6 heteroatoms. The van der Waals surface area contributed by atoms with Crippen molar-refractivity contribution in [2.45, 2.75) is 6.92 Å². The Morgan fingerprint density at radius 3 is 2.80 bits per heavy atom. The van der Waals surface area contributed by atoms with Gasteiger partial charge >= 0.3 is 0 Å². The van der Waals surface area contributed by atoms with E-state index in [1.165, 1.54) is 0 Å². The molecule has 0 aliphatic rings. The van der Waals surface area contributed by atoms with Crippen LogP contribution in [0.3, 0.4) is 0 Å². The van der Waals surface area contributed by atoms with E-state index in [2.05, 4.69) is 4.98 Å². The molecule has 0 saturated heterocycles. The number of hydrogen-bond acceptors (Lipinski definition) is 4. The summed E-state index contributed by atoms with van der Waals surface area (Å²) in [6.07, 6.45) is 0. The quantitative estimate of drug-likeness (QED) is 0.652. The minimum Gasteiger partial charge on any atom is -0.453 e. The first-order valence-corrected chi connectivity index (χ1v) is 7.40. The molecule has 0 aliphatic carbocycles. The maximum Gasteiger partial charge on any atom is 0.152 e. The van der Waals surface area contributed by atoms with Crippen LogP contribution in [0.1, 0.15) is 5.01 Å². The third-order valence-corrected chi connectivity index (χ3v) is 4.50. The number of aryl methyl sites for hydroxylation is 1. The van der Waals surface area contributed by atoms with E-state index in [0.29, 0.717) is 27.2 Å². The van der Waals surface area contributed by atoms with Gasteiger partial charge in [-0.25, -0.2) is 4.98 Å². The molecule has 0 bridgehead atoms. The lowest BCUT2D eigenvalue weighted by Crippen LogP contribution is -1.92. The molecule has 3 nitrogen and oxygen atoms in total. The van der Waals surface area contributed by atoms with Crippen molar-refractivity contribution >= 4 is 50.4 Å². The lowest BCUT2D eigenvalue weighted by molar-refractivity contribution is 0.486. The summed E-state index contributed by atoms with van der Waals surface area (Å²) in [5, 5.41) is 1.79. The highest BCUT2D eigenvalue weighted by Crippen LogP contribution is 2.38. The van der Waals surface area contributed by atoms with Crippen molar-refractivity contribution in [3.05, 3.63) is 45.4 Å². The minimum atomic E-state index is 0.364. The average molecular weight is 325 g/mol. The SMILES string of the molecule is Cc1nc2cc(Oc3cccc(Cl)c3Cl)c(N)cc2s1. The zero-order chi connectivity index (χ0) is 14.3. The first kappa shape index (κ1) is 13.5. The highest BCUT2D eigenvalue weighted by atomic mass is 35.5. The van der Waals surface area contributed by atoms with E-state index in [4.69, 9.17) is 33.7 Å². The standard InChI is InChI=1S/C14H10Cl2N2OS/c1-7-18-10-6-12(9(17)5-13(10)20-7)19-11-4-2-3-8(15)14(11)16/h2-6H,17H2,1H3. The summed E-state index contributed by atoms with van der Waals surface area (Å²) in [4.78, 5) is 4.42. The maximum absolute atomic E-state index is 6.11. The summed E-state index contributed by atoms with van der Waals surface area (Å²) < 4.78 is 6.79. The van der Waals surface area contributed by atoms with Crippen LogP contribution >= 0.6 is 34.5 Å². The van der Waals surface area contributed by atoms with Gasteiger partial charge in [-0.05, 0) is 25.1 Å². The van der Waals surface area contributed by atoms with Gasteiger partial charge in [0.15, 0.2) is 5.75 Å². The van der Waals surface area contributed by atoms with Crippen LogP contribution in [-0.4, -0.2) is 4.98 Å². The van der Waals surface area contributed by atoms with Gasteiger partial charge in [0.05, 0.1) is 25.9 Å². The molecule has 0 spiro atoms. The molecular weight excluding hydrogens is 315 g/mol. The number of hydrogen-bond donors (Lipinski definition) is 1. The van der Waals surface area contributed by atoms with E-state index in [9.17, 15) is 0 Å². The van der Waals surface area contributed by atoms with Gasteiger partial charge < -0.3 is 10.5 Å². The topological polar surface area (TPSA) is 48.1 Å². The Bertz CT molecular complexity index is 801.